The van der Waals surface area contributed by atoms with E-state index in [1.54, 1.807) is 26.8 Å². The van der Waals surface area contributed by atoms with Crippen LogP contribution in [0.25, 0.3) is 0 Å². The molecule has 0 saturated heterocycles. The van der Waals surface area contributed by atoms with Gasteiger partial charge in [0.15, 0.2) is 0 Å². The van der Waals surface area contributed by atoms with E-state index in [0.717, 1.165) is 0 Å². The molecule has 112 valence electrons. The van der Waals surface area contributed by atoms with Gasteiger partial charge in [0.25, 0.3) is 0 Å². The summed E-state index contributed by atoms with van der Waals surface area (Å²) >= 11 is 0. The minimum Gasteiger partial charge on any atom is -0.478 e. The highest BCUT2D eigenvalue weighted by Gasteiger charge is 2.16. The van der Waals surface area contributed by atoms with Crippen molar-refractivity contribution >= 4 is 21.7 Å². The molecule has 0 amide bonds. The molecule has 0 aliphatic heterocycles. The number of aromatic nitrogens is 1. The Bertz CT molecular complexity index is 599. The smallest absolute Gasteiger partial charge is 0.339 e. The summed E-state index contributed by atoms with van der Waals surface area (Å²) in [6.45, 7) is 5.51. The third-order valence-corrected chi connectivity index (χ3v) is 4.06. The van der Waals surface area contributed by atoms with Crippen molar-refractivity contribution < 1.29 is 18.3 Å². The lowest BCUT2D eigenvalue weighted by atomic mass is 10.1. The minimum absolute atomic E-state index is 0.0662. The Balaban J connectivity index is 2.85. The van der Waals surface area contributed by atoms with Crippen molar-refractivity contribution in [1.82, 2.24) is 9.71 Å². The second-order valence-corrected chi connectivity index (χ2v) is 6.25. The molecule has 0 aromatic carbocycles. The molecular formula is C12H19N3O4S. The number of carboxylic acids is 1. The third-order valence-electron chi connectivity index (χ3n) is 2.59. The van der Waals surface area contributed by atoms with Crippen molar-refractivity contribution in [3.63, 3.8) is 0 Å². The van der Waals surface area contributed by atoms with E-state index in [0.29, 0.717) is 23.6 Å². The number of hydrogen-bond donors (Lipinski definition) is 3. The molecule has 0 fully saturated rings. The maximum atomic E-state index is 11.5. The quantitative estimate of drug-likeness (QED) is 0.685. The van der Waals surface area contributed by atoms with Crippen molar-refractivity contribution in [3.8, 4) is 0 Å². The number of aromatic carboxylic acids is 1. The molecule has 0 aliphatic rings. The maximum Gasteiger partial charge on any atom is 0.339 e. The van der Waals surface area contributed by atoms with E-state index in [1.807, 2.05) is 0 Å². The second-order valence-electron chi connectivity index (χ2n) is 4.32. The zero-order valence-electron chi connectivity index (χ0n) is 11.7. The highest BCUT2D eigenvalue weighted by Crippen LogP contribution is 2.19. The van der Waals surface area contributed by atoms with Gasteiger partial charge in [-0.3, -0.25) is 4.98 Å². The number of anilines is 1. The van der Waals surface area contributed by atoms with E-state index in [1.165, 1.54) is 0 Å². The SMILES string of the molecule is CCNS(=O)(=O)CCNc1cc(C)nc(C)c1C(=O)O. The van der Waals surface area contributed by atoms with E-state index in [9.17, 15) is 18.3 Å². The highest BCUT2D eigenvalue weighted by molar-refractivity contribution is 7.89. The van der Waals surface area contributed by atoms with E-state index in [4.69, 9.17) is 0 Å². The summed E-state index contributed by atoms with van der Waals surface area (Å²) in [7, 11) is -3.33. The number of nitrogens with one attached hydrogen (secondary N) is 2. The lowest BCUT2D eigenvalue weighted by molar-refractivity contribution is 0.0696. The van der Waals surface area contributed by atoms with Gasteiger partial charge in [-0.05, 0) is 19.9 Å². The second kappa shape index (κ2) is 6.67. The van der Waals surface area contributed by atoms with Crippen LogP contribution in [0.2, 0.25) is 0 Å². The van der Waals surface area contributed by atoms with Crippen LogP contribution in [-0.4, -0.2) is 43.3 Å². The first-order chi connectivity index (χ1) is 9.26. The Morgan fingerprint density at radius 1 is 1.40 bits per heavy atom. The Morgan fingerprint density at radius 3 is 2.60 bits per heavy atom. The monoisotopic (exact) mass is 301 g/mol. The first-order valence-electron chi connectivity index (χ1n) is 6.19. The van der Waals surface area contributed by atoms with Gasteiger partial charge in [-0.25, -0.2) is 17.9 Å². The average molecular weight is 301 g/mol. The van der Waals surface area contributed by atoms with Gasteiger partial charge in [0.05, 0.1) is 17.1 Å². The van der Waals surface area contributed by atoms with Gasteiger partial charge < -0.3 is 10.4 Å². The van der Waals surface area contributed by atoms with Crippen LogP contribution in [0.1, 0.15) is 28.7 Å². The predicted molar refractivity (Wildman–Crippen MR) is 76.6 cm³/mol. The lowest BCUT2D eigenvalue weighted by Crippen LogP contribution is -2.29. The average Bonchev–Trinajstić information content (AvgIpc) is 2.26. The van der Waals surface area contributed by atoms with Crippen molar-refractivity contribution in [2.24, 2.45) is 0 Å². The molecule has 0 atom stereocenters. The Hall–Kier alpha value is -1.67. The van der Waals surface area contributed by atoms with Crippen LogP contribution in [0, 0.1) is 13.8 Å². The molecule has 0 aliphatic carbocycles. The molecule has 1 aromatic rings. The van der Waals surface area contributed by atoms with E-state index in [2.05, 4.69) is 15.0 Å². The van der Waals surface area contributed by atoms with E-state index >= 15 is 0 Å². The van der Waals surface area contributed by atoms with Crippen molar-refractivity contribution in [3.05, 3.63) is 23.0 Å². The Kier molecular flexibility index (Phi) is 5.46. The lowest BCUT2D eigenvalue weighted by Gasteiger charge is -2.12. The number of pyridine rings is 1. The summed E-state index contributed by atoms with van der Waals surface area (Å²) in [5.41, 5.74) is 1.52. The molecule has 1 heterocycles. The van der Waals surface area contributed by atoms with Gasteiger partial charge in [-0.15, -0.1) is 0 Å². The Morgan fingerprint density at radius 2 is 2.05 bits per heavy atom. The molecular weight excluding hydrogens is 282 g/mol. The summed E-state index contributed by atoms with van der Waals surface area (Å²) in [5, 5.41) is 12.0. The number of carbonyl (C=O) groups is 1. The van der Waals surface area contributed by atoms with Gasteiger partial charge >= 0.3 is 5.97 Å². The predicted octanol–water partition coefficient (Wildman–Crippen LogP) is 0.748. The van der Waals surface area contributed by atoms with Crippen LogP contribution in [0.5, 0.6) is 0 Å². The number of sulfonamides is 1. The topological polar surface area (TPSA) is 108 Å². The standard InChI is InChI=1S/C12H19N3O4S/c1-4-14-20(18,19)6-5-13-10-7-8(2)15-9(3)11(10)12(16)17/h7,14H,4-6H2,1-3H3,(H,13,15)(H,16,17). The number of nitrogens with zero attached hydrogens (tertiary/aromatic N) is 1. The van der Waals surface area contributed by atoms with Crippen LogP contribution in [0.4, 0.5) is 5.69 Å². The van der Waals surface area contributed by atoms with E-state index in [-0.39, 0.29) is 17.9 Å². The third kappa shape index (κ3) is 4.46. The Labute approximate surface area is 118 Å². The van der Waals surface area contributed by atoms with Crippen LogP contribution in [0.3, 0.4) is 0 Å². The van der Waals surface area contributed by atoms with Gasteiger partial charge in [0.2, 0.25) is 10.0 Å². The molecule has 0 unspecified atom stereocenters. The first kappa shape index (κ1) is 16.4. The van der Waals surface area contributed by atoms with Crippen molar-refractivity contribution in [2.75, 3.05) is 24.2 Å². The van der Waals surface area contributed by atoms with Gasteiger partial charge in [0, 0.05) is 18.8 Å². The summed E-state index contributed by atoms with van der Waals surface area (Å²) in [6.07, 6.45) is 0. The molecule has 3 N–H and O–H groups in total. The van der Waals surface area contributed by atoms with Crippen LogP contribution >= 0.6 is 0 Å². The summed E-state index contributed by atoms with van der Waals surface area (Å²) in [5.74, 6) is -1.22. The normalized spacial score (nSPS) is 11.3. The molecule has 1 aromatic heterocycles. The molecule has 1 rings (SSSR count). The van der Waals surface area contributed by atoms with Gasteiger partial charge in [-0.2, -0.15) is 0 Å². The zero-order valence-corrected chi connectivity index (χ0v) is 12.5. The fourth-order valence-electron chi connectivity index (χ4n) is 1.85. The minimum atomic E-state index is -3.33. The van der Waals surface area contributed by atoms with Crippen LogP contribution in [-0.2, 0) is 10.0 Å². The number of rotatable bonds is 7. The highest BCUT2D eigenvalue weighted by atomic mass is 32.2. The molecule has 0 saturated carbocycles. The van der Waals surface area contributed by atoms with Crippen molar-refractivity contribution in [2.45, 2.75) is 20.8 Å². The summed E-state index contributed by atoms with van der Waals surface area (Å²) in [6, 6.07) is 1.59. The van der Waals surface area contributed by atoms with Crippen LogP contribution in [0.15, 0.2) is 6.07 Å². The largest absolute Gasteiger partial charge is 0.478 e. The van der Waals surface area contributed by atoms with E-state index < -0.39 is 16.0 Å². The zero-order chi connectivity index (χ0) is 15.3. The number of carboxylic acid groups (broad SMARTS) is 1. The number of aryl methyl sites for hydroxylation is 2. The fraction of sp³-hybridized carbons (Fsp3) is 0.500. The number of hydrogen-bond acceptors (Lipinski definition) is 5. The molecule has 0 spiro atoms. The van der Waals surface area contributed by atoms with Gasteiger partial charge in [-0.1, -0.05) is 6.92 Å². The summed E-state index contributed by atoms with van der Waals surface area (Å²) < 4.78 is 25.4. The molecule has 7 nitrogen and oxygen atoms in total. The molecule has 0 radical (unpaired) electrons. The van der Waals surface area contributed by atoms with Crippen LogP contribution < -0.4 is 10.0 Å². The molecule has 8 heteroatoms. The molecule has 0 bridgehead atoms. The van der Waals surface area contributed by atoms with Crippen molar-refractivity contribution in [1.29, 1.82) is 0 Å². The first-order valence-corrected chi connectivity index (χ1v) is 7.84. The summed E-state index contributed by atoms with van der Waals surface area (Å²) in [4.78, 5) is 15.3. The van der Waals surface area contributed by atoms with Gasteiger partial charge in [0.1, 0.15) is 5.56 Å². The maximum absolute atomic E-state index is 11.5. The molecule has 20 heavy (non-hydrogen) atoms. The fourth-order valence-corrected chi connectivity index (χ4v) is 2.81.